The van der Waals surface area contributed by atoms with Crippen LogP contribution in [0.4, 0.5) is 0 Å². The summed E-state index contributed by atoms with van der Waals surface area (Å²) in [5.41, 5.74) is 9.60. The molecule has 3 heteroatoms. The third-order valence-electron chi connectivity index (χ3n) is 3.58. The summed E-state index contributed by atoms with van der Waals surface area (Å²) in [5.74, 6) is 1.01. The van der Waals surface area contributed by atoms with Gasteiger partial charge in [-0.2, -0.15) is 0 Å². The number of fused-ring (bicyclic) bond motifs is 1. The van der Waals surface area contributed by atoms with Crippen molar-refractivity contribution in [1.29, 1.82) is 0 Å². The first-order valence-electron chi connectivity index (χ1n) is 7.36. The van der Waals surface area contributed by atoms with Gasteiger partial charge in [0.05, 0.1) is 17.1 Å². The van der Waals surface area contributed by atoms with Crippen LogP contribution in [-0.4, -0.2) is 9.55 Å². The van der Waals surface area contributed by atoms with Gasteiger partial charge in [-0.05, 0) is 38.0 Å². The summed E-state index contributed by atoms with van der Waals surface area (Å²) in [5, 5.41) is 0. The maximum absolute atomic E-state index is 6.06. The summed E-state index contributed by atoms with van der Waals surface area (Å²) >= 11 is 0. The molecule has 0 amide bonds. The second kappa shape index (κ2) is 6.20. The SMILES string of the molecule is CCCCCCn1c(C(C)N)nc2cc(C)ccc21. The number of nitrogens with zero attached hydrogens (tertiary/aromatic N) is 2. The highest BCUT2D eigenvalue weighted by atomic mass is 15.1. The second-order valence-electron chi connectivity index (χ2n) is 5.46. The van der Waals surface area contributed by atoms with Crippen LogP contribution < -0.4 is 5.73 Å². The van der Waals surface area contributed by atoms with E-state index in [1.807, 2.05) is 6.92 Å². The molecule has 104 valence electrons. The lowest BCUT2D eigenvalue weighted by atomic mass is 10.2. The number of aromatic nitrogens is 2. The molecule has 0 fully saturated rings. The van der Waals surface area contributed by atoms with Crippen LogP contribution in [0.2, 0.25) is 0 Å². The molecule has 19 heavy (non-hydrogen) atoms. The largest absolute Gasteiger partial charge is 0.327 e. The van der Waals surface area contributed by atoms with Gasteiger partial charge >= 0.3 is 0 Å². The first-order chi connectivity index (χ1) is 9.13. The van der Waals surface area contributed by atoms with Gasteiger partial charge in [0.1, 0.15) is 5.82 Å². The molecule has 0 aliphatic heterocycles. The Morgan fingerprint density at radius 2 is 2.05 bits per heavy atom. The molecule has 2 aromatic rings. The van der Waals surface area contributed by atoms with Gasteiger partial charge < -0.3 is 10.3 Å². The van der Waals surface area contributed by atoms with Crippen LogP contribution in [0.15, 0.2) is 18.2 Å². The number of rotatable bonds is 6. The van der Waals surface area contributed by atoms with E-state index in [0.29, 0.717) is 0 Å². The molecule has 2 rings (SSSR count). The molecule has 0 aliphatic carbocycles. The number of hydrogen-bond acceptors (Lipinski definition) is 2. The van der Waals surface area contributed by atoms with Crippen molar-refractivity contribution in [2.45, 2.75) is 59.0 Å². The van der Waals surface area contributed by atoms with Crippen LogP contribution in [0.1, 0.15) is 57.0 Å². The van der Waals surface area contributed by atoms with Crippen molar-refractivity contribution in [1.82, 2.24) is 9.55 Å². The number of benzene rings is 1. The molecule has 0 spiro atoms. The van der Waals surface area contributed by atoms with E-state index in [1.165, 1.54) is 36.8 Å². The average molecular weight is 259 g/mol. The maximum Gasteiger partial charge on any atom is 0.126 e. The molecule has 1 aromatic heterocycles. The average Bonchev–Trinajstić information content (AvgIpc) is 2.72. The van der Waals surface area contributed by atoms with Crippen LogP contribution in [0.5, 0.6) is 0 Å². The summed E-state index contributed by atoms with van der Waals surface area (Å²) in [4.78, 5) is 4.71. The zero-order valence-corrected chi connectivity index (χ0v) is 12.3. The van der Waals surface area contributed by atoms with E-state index in [2.05, 4.69) is 36.6 Å². The number of nitrogens with two attached hydrogens (primary N) is 1. The van der Waals surface area contributed by atoms with E-state index in [1.54, 1.807) is 0 Å². The molecule has 0 radical (unpaired) electrons. The van der Waals surface area contributed by atoms with Crippen molar-refractivity contribution in [3.05, 3.63) is 29.6 Å². The molecule has 0 aliphatic rings. The molecule has 1 atom stereocenters. The van der Waals surface area contributed by atoms with E-state index in [-0.39, 0.29) is 6.04 Å². The van der Waals surface area contributed by atoms with Gasteiger partial charge in [-0.1, -0.05) is 32.3 Å². The minimum Gasteiger partial charge on any atom is -0.327 e. The maximum atomic E-state index is 6.06. The third-order valence-corrected chi connectivity index (χ3v) is 3.58. The first-order valence-corrected chi connectivity index (χ1v) is 7.36. The zero-order chi connectivity index (χ0) is 13.8. The van der Waals surface area contributed by atoms with Crippen molar-refractivity contribution < 1.29 is 0 Å². The number of aryl methyl sites for hydroxylation is 2. The Morgan fingerprint density at radius 1 is 1.26 bits per heavy atom. The smallest absolute Gasteiger partial charge is 0.126 e. The highest BCUT2D eigenvalue weighted by molar-refractivity contribution is 5.77. The Kier molecular flexibility index (Phi) is 4.59. The lowest BCUT2D eigenvalue weighted by Gasteiger charge is -2.11. The zero-order valence-electron chi connectivity index (χ0n) is 12.3. The molecule has 0 saturated heterocycles. The predicted molar refractivity (Wildman–Crippen MR) is 81.2 cm³/mol. The van der Waals surface area contributed by atoms with Gasteiger partial charge in [0.2, 0.25) is 0 Å². The number of unbranched alkanes of at least 4 members (excludes halogenated alkanes) is 3. The Balaban J connectivity index is 2.30. The first kappa shape index (κ1) is 14.1. The standard InChI is InChI=1S/C16H25N3/c1-4-5-6-7-10-19-15-9-8-12(2)11-14(15)18-16(19)13(3)17/h8-9,11,13H,4-7,10,17H2,1-3H3. The van der Waals surface area contributed by atoms with Crippen molar-refractivity contribution in [3.8, 4) is 0 Å². The summed E-state index contributed by atoms with van der Waals surface area (Å²) in [6.45, 7) is 7.38. The number of imidazole rings is 1. The van der Waals surface area contributed by atoms with E-state index in [9.17, 15) is 0 Å². The third kappa shape index (κ3) is 3.16. The lowest BCUT2D eigenvalue weighted by Crippen LogP contribution is -2.13. The molecule has 0 saturated carbocycles. The molecule has 1 heterocycles. The second-order valence-corrected chi connectivity index (χ2v) is 5.46. The highest BCUT2D eigenvalue weighted by Gasteiger charge is 2.13. The molecular weight excluding hydrogens is 234 g/mol. The van der Waals surface area contributed by atoms with Gasteiger partial charge in [0.25, 0.3) is 0 Å². The van der Waals surface area contributed by atoms with Crippen molar-refractivity contribution in [2.24, 2.45) is 5.73 Å². The summed E-state index contributed by atoms with van der Waals surface area (Å²) in [7, 11) is 0. The molecule has 1 unspecified atom stereocenters. The summed E-state index contributed by atoms with van der Waals surface area (Å²) in [6, 6.07) is 6.45. The molecule has 0 bridgehead atoms. The van der Waals surface area contributed by atoms with Crippen molar-refractivity contribution >= 4 is 11.0 Å². The quantitative estimate of drug-likeness (QED) is 0.798. The summed E-state index contributed by atoms with van der Waals surface area (Å²) in [6.07, 6.45) is 5.05. The van der Waals surface area contributed by atoms with Crippen LogP contribution in [0.3, 0.4) is 0 Å². The fourth-order valence-corrected chi connectivity index (χ4v) is 2.54. The summed E-state index contributed by atoms with van der Waals surface area (Å²) < 4.78 is 2.30. The molecule has 2 N–H and O–H groups in total. The Morgan fingerprint density at radius 3 is 2.74 bits per heavy atom. The van der Waals surface area contributed by atoms with Crippen molar-refractivity contribution in [3.63, 3.8) is 0 Å². The van der Waals surface area contributed by atoms with E-state index >= 15 is 0 Å². The highest BCUT2D eigenvalue weighted by Crippen LogP contribution is 2.21. The predicted octanol–water partition coefficient (Wildman–Crippen LogP) is 3.94. The fraction of sp³-hybridized carbons (Fsp3) is 0.562. The number of hydrogen-bond donors (Lipinski definition) is 1. The fourth-order valence-electron chi connectivity index (χ4n) is 2.54. The molecule has 3 nitrogen and oxygen atoms in total. The van der Waals surface area contributed by atoms with Gasteiger partial charge in [0.15, 0.2) is 0 Å². The van der Waals surface area contributed by atoms with Crippen LogP contribution in [0.25, 0.3) is 11.0 Å². The Labute approximate surface area is 115 Å². The lowest BCUT2D eigenvalue weighted by molar-refractivity contribution is 0.558. The Bertz CT molecular complexity index is 540. The minimum absolute atomic E-state index is 0.0149. The van der Waals surface area contributed by atoms with Gasteiger partial charge in [-0.15, -0.1) is 0 Å². The van der Waals surface area contributed by atoms with E-state index < -0.39 is 0 Å². The Hall–Kier alpha value is -1.35. The van der Waals surface area contributed by atoms with Crippen LogP contribution in [0, 0.1) is 6.92 Å². The van der Waals surface area contributed by atoms with Crippen LogP contribution in [-0.2, 0) is 6.54 Å². The normalized spacial score (nSPS) is 13.1. The monoisotopic (exact) mass is 259 g/mol. The van der Waals surface area contributed by atoms with E-state index in [4.69, 9.17) is 10.7 Å². The van der Waals surface area contributed by atoms with Crippen molar-refractivity contribution in [2.75, 3.05) is 0 Å². The minimum atomic E-state index is -0.0149. The van der Waals surface area contributed by atoms with Gasteiger partial charge in [-0.25, -0.2) is 4.98 Å². The molecule has 1 aromatic carbocycles. The molecular formula is C16H25N3. The van der Waals surface area contributed by atoms with Gasteiger partial charge in [0, 0.05) is 6.54 Å². The topological polar surface area (TPSA) is 43.8 Å². The van der Waals surface area contributed by atoms with Gasteiger partial charge in [-0.3, -0.25) is 0 Å². The van der Waals surface area contributed by atoms with E-state index in [0.717, 1.165) is 17.9 Å². The van der Waals surface area contributed by atoms with Crippen LogP contribution >= 0.6 is 0 Å².